The van der Waals surface area contributed by atoms with Gasteiger partial charge in [0.05, 0.1) is 5.60 Å². The molecule has 1 rings (SSSR count). The van der Waals surface area contributed by atoms with Crippen molar-refractivity contribution in [2.75, 3.05) is 6.54 Å². The van der Waals surface area contributed by atoms with Crippen molar-refractivity contribution in [1.82, 2.24) is 10.3 Å². The summed E-state index contributed by atoms with van der Waals surface area (Å²) in [6, 6.07) is 4.17. The van der Waals surface area contributed by atoms with Crippen LogP contribution in [-0.2, 0) is 0 Å². The lowest BCUT2D eigenvalue weighted by Crippen LogP contribution is -2.38. The summed E-state index contributed by atoms with van der Waals surface area (Å²) in [5.74, 6) is 0. The van der Waals surface area contributed by atoms with Crippen molar-refractivity contribution in [3.63, 3.8) is 0 Å². The second-order valence-corrected chi connectivity index (χ2v) is 4.24. The fourth-order valence-electron chi connectivity index (χ4n) is 1.25. The fraction of sp³-hybridized carbons (Fsp3) is 0.583. The van der Waals surface area contributed by atoms with Crippen LogP contribution in [-0.4, -0.2) is 22.2 Å². The Bertz CT molecular complexity index is 285. The lowest BCUT2D eigenvalue weighted by molar-refractivity contribution is 0.0533. The van der Waals surface area contributed by atoms with E-state index in [9.17, 15) is 5.11 Å². The van der Waals surface area contributed by atoms with Crippen molar-refractivity contribution < 1.29 is 5.11 Å². The normalized spacial score (nSPS) is 17.1. The molecule has 0 aromatic carbocycles. The third kappa shape index (κ3) is 3.98. The predicted octanol–water partition coefficient (Wildman–Crippen LogP) is 1.89. The third-order valence-corrected chi connectivity index (χ3v) is 2.74. The topological polar surface area (TPSA) is 45.1 Å². The molecular formula is C12H20N2O. The van der Waals surface area contributed by atoms with E-state index >= 15 is 0 Å². The summed E-state index contributed by atoms with van der Waals surface area (Å²) in [7, 11) is 0. The van der Waals surface area contributed by atoms with Gasteiger partial charge in [0.2, 0.25) is 0 Å². The summed E-state index contributed by atoms with van der Waals surface area (Å²) in [6.07, 6.45) is 4.36. The van der Waals surface area contributed by atoms with E-state index in [2.05, 4.69) is 17.2 Å². The molecule has 84 valence electrons. The van der Waals surface area contributed by atoms with Crippen molar-refractivity contribution in [3.8, 4) is 0 Å². The number of nitrogens with zero attached hydrogens (tertiary/aromatic N) is 1. The van der Waals surface area contributed by atoms with Gasteiger partial charge in [0.15, 0.2) is 0 Å². The highest BCUT2D eigenvalue weighted by Crippen LogP contribution is 2.12. The molecule has 2 atom stereocenters. The number of hydrogen-bond acceptors (Lipinski definition) is 3. The van der Waals surface area contributed by atoms with Crippen LogP contribution in [0.15, 0.2) is 24.5 Å². The largest absolute Gasteiger partial charge is 0.389 e. The Balaban J connectivity index is 2.47. The summed E-state index contributed by atoms with van der Waals surface area (Å²) in [5.41, 5.74) is 0.514. The molecule has 1 heterocycles. The Morgan fingerprint density at radius 2 is 2.33 bits per heavy atom. The second-order valence-electron chi connectivity index (χ2n) is 4.24. The monoisotopic (exact) mass is 208 g/mol. The van der Waals surface area contributed by atoms with Crippen LogP contribution in [0, 0.1) is 0 Å². The minimum atomic E-state index is -0.629. The molecule has 3 heteroatoms. The van der Waals surface area contributed by atoms with E-state index in [4.69, 9.17) is 0 Å². The van der Waals surface area contributed by atoms with Gasteiger partial charge >= 0.3 is 0 Å². The minimum Gasteiger partial charge on any atom is -0.389 e. The molecule has 2 N–H and O–H groups in total. The van der Waals surface area contributed by atoms with E-state index < -0.39 is 5.60 Å². The molecule has 0 aliphatic heterocycles. The van der Waals surface area contributed by atoms with Gasteiger partial charge in [0, 0.05) is 25.0 Å². The standard InChI is InChI=1S/C12H20N2O/c1-4-12(3,15)9-14-10(2)11-6-5-7-13-8-11/h5-8,10,14-15H,4,9H2,1-3H3. The van der Waals surface area contributed by atoms with Crippen molar-refractivity contribution in [2.45, 2.75) is 38.8 Å². The summed E-state index contributed by atoms with van der Waals surface area (Å²) in [4.78, 5) is 4.07. The Kier molecular flexibility index (Phi) is 4.24. The van der Waals surface area contributed by atoms with Crippen molar-refractivity contribution in [2.24, 2.45) is 0 Å². The summed E-state index contributed by atoms with van der Waals surface area (Å²) in [5, 5.41) is 13.1. The molecule has 0 fully saturated rings. The fourth-order valence-corrected chi connectivity index (χ4v) is 1.25. The Hall–Kier alpha value is -0.930. The molecule has 15 heavy (non-hydrogen) atoms. The Labute approximate surface area is 91.5 Å². The van der Waals surface area contributed by atoms with Crippen LogP contribution in [0.2, 0.25) is 0 Å². The first kappa shape index (κ1) is 12.1. The number of pyridine rings is 1. The average Bonchev–Trinajstić information content (AvgIpc) is 2.27. The average molecular weight is 208 g/mol. The van der Waals surface area contributed by atoms with Gasteiger partial charge in [-0.15, -0.1) is 0 Å². The molecule has 0 spiro atoms. The molecule has 0 bridgehead atoms. The highest BCUT2D eigenvalue weighted by atomic mass is 16.3. The van der Waals surface area contributed by atoms with Gasteiger partial charge < -0.3 is 10.4 Å². The van der Waals surface area contributed by atoms with E-state index in [-0.39, 0.29) is 6.04 Å². The maximum Gasteiger partial charge on any atom is 0.0741 e. The molecule has 0 radical (unpaired) electrons. The smallest absolute Gasteiger partial charge is 0.0741 e. The SMILES string of the molecule is CCC(C)(O)CNC(C)c1cccnc1. The predicted molar refractivity (Wildman–Crippen MR) is 61.6 cm³/mol. The Morgan fingerprint density at radius 1 is 1.60 bits per heavy atom. The second kappa shape index (κ2) is 5.24. The molecule has 0 saturated heterocycles. The third-order valence-electron chi connectivity index (χ3n) is 2.74. The number of rotatable bonds is 5. The van der Waals surface area contributed by atoms with E-state index in [0.29, 0.717) is 6.54 Å². The zero-order valence-electron chi connectivity index (χ0n) is 9.70. The maximum absolute atomic E-state index is 9.84. The molecule has 1 aromatic rings. The zero-order chi connectivity index (χ0) is 11.3. The molecule has 0 amide bonds. The molecular weight excluding hydrogens is 188 g/mol. The first-order valence-electron chi connectivity index (χ1n) is 5.41. The first-order valence-corrected chi connectivity index (χ1v) is 5.41. The van der Waals surface area contributed by atoms with Gasteiger partial charge in [-0.3, -0.25) is 4.98 Å². The van der Waals surface area contributed by atoms with E-state index in [1.165, 1.54) is 0 Å². The molecule has 0 aliphatic carbocycles. The molecule has 2 unspecified atom stereocenters. The highest BCUT2D eigenvalue weighted by Gasteiger charge is 2.18. The van der Waals surface area contributed by atoms with Crippen molar-refractivity contribution in [3.05, 3.63) is 30.1 Å². The van der Waals surface area contributed by atoms with Crippen LogP contribution in [0.25, 0.3) is 0 Å². The Morgan fingerprint density at radius 3 is 2.87 bits per heavy atom. The summed E-state index contributed by atoms with van der Waals surface area (Å²) >= 11 is 0. The summed E-state index contributed by atoms with van der Waals surface area (Å²) < 4.78 is 0. The van der Waals surface area contributed by atoms with Crippen LogP contribution < -0.4 is 5.32 Å². The quantitative estimate of drug-likeness (QED) is 0.776. The van der Waals surface area contributed by atoms with E-state index in [0.717, 1.165) is 12.0 Å². The minimum absolute atomic E-state index is 0.219. The van der Waals surface area contributed by atoms with Gasteiger partial charge in [-0.2, -0.15) is 0 Å². The molecule has 3 nitrogen and oxygen atoms in total. The number of aromatic nitrogens is 1. The van der Waals surface area contributed by atoms with E-state index in [1.807, 2.05) is 32.2 Å². The van der Waals surface area contributed by atoms with Gasteiger partial charge in [0.25, 0.3) is 0 Å². The van der Waals surface area contributed by atoms with Crippen LogP contribution >= 0.6 is 0 Å². The zero-order valence-corrected chi connectivity index (χ0v) is 9.70. The van der Waals surface area contributed by atoms with Gasteiger partial charge in [-0.25, -0.2) is 0 Å². The maximum atomic E-state index is 9.84. The lowest BCUT2D eigenvalue weighted by atomic mass is 10.0. The van der Waals surface area contributed by atoms with Crippen LogP contribution in [0.4, 0.5) is 0 Å². The van der Waals surface area contributed by atoms with Gasteiger partial charge in [-0.1, -0.05) is 13.0 Å². The van der Waals surface area contributed by atoms with Crippen molar-refractivity contribution in [1.29, 1.82) is 0 Å². The first-order chi connectivity index (χ1) is 7.05. The van der Waals surface area contributed by atoms with Crippen LogP contribution in [0.3, 0.4) is 0 Å². The summed E-state index contributed by atoms with van der Waals surface area (Å²) in [6.45, 7) is 6.49. The highest BCUT2D eigenvalue weighted by molar-refractivity contribution is 5.12. The molecule has 0 aliphatic rings. The van der Waals surface area contributed by atoms with Gasteiger partial charge in [0.1, 0.15) is 0 Å². The number of aliphatic hydroxyl groups is 1. The molecule has 1 aromatic heterocycles. The number of nitrogens with one attached hydrogen (secondary N) is 1. The van der Waals surface area contributed by atoms with Crippen LogP contribution in [0.1, 0.15) is 38.8 Å². The van der Waals surface area contributed by atoms with E-state index in [1.54, 1.807) is 6.20 Å². The lowest BCUT2D eigenvalue weighted by Gasteiger charge is -2.24. The number of hydrogen-bond donors (Lipinski definition) is 2. The van der Waals surface area contributed by atoms with Crippen molar-refractivity contribution >= 4 is 0 Å². The molecule has 0 saturated carbocycles. The van der Waals surface area contributed by atoms with Gasteiger partial charge in [-0.05, 0) is 31.9 Å². The van der Waals surface area contributed by atoms with Crippen LogP contribution in [0.5, 0.6) is 0 Å².